The monoisotopic (exact) mass is 370 g/mol. The number of thiophene rings is 1. The Hall–Kier alpha value is -2.44. The first kappa shape index (κ1) is 16.1. The molecule has 3 heterocycles. The van der Waals surface area contributed by atoms with Crippen molar-refractivity contribution in [3.8, 4) is 0 Å². The van der Waals surface area contributed by atoms with Crippen LogP contribution in [-0.4, -0.2) is 22.4 Å². The van der Waals surface area contributed by atoms with Crippen LogP contribution < -0.4 is 10.2 Å². The first-order chi connectivity index (χ1) is 12.2. The first-order valence-electron chi connectivity index (χ1n) is 7.88. The molecule has 0 saturated carbocycles. The molecular weight excluding hydrogens is 356 g/mol. The molecule has 0 aliphatic carbocycles. The van der Waals surface area contributed by atoms with E-state index in [2.05, 4.69) is 32.3 Å². The maximum absolute atomic E-state index is 12.2. The van der Waals surface area contributed by atoms with E-state index in [1.54, 1.807) is 17.5 Å². The van der Waals surface area contributed by atoms with Crippen molar-refractivity contribution in [2.45, 2.75) is 13.0 Å². The van der Waals surface area contributed by atoms with Gasteiger partial charge in [-0.1, -0.05) is 11.6 Å². The van der Waals surface area contributed by atoms with Crippen molar-refractivity contribution >= 4 is 40.2 Å². The quantitative estimate of drug-likeness (QED) is 0.754. The molecule has 0 saturated heterocycles. The van der Waals surface area contributed by atoms with E-state index in [1.807, 2.05) is 18.2 Å². The number of carbonyl (C=O) groups excluding carboxylic acids is 1. The fourth-order valence-electron chi connectivity index (χ4n) is 2.95. The van der Waals surface area contributed by atoms with Gasteiger partial charge in [-0.2, -0.15) is 0 Å². The van der Waals surface area contributed by atoms with Crippen LogP contribution in [-0.2, 0) is 13.0 Å². The van der Waals surface area contributed by atoms with Gasteiger partial charge >= 0.3 is 0 Å². The van der Waals surface area contributed by atoms with E-state index in [0.29, 0.717) is 5.69 Å². The Morgan fingerprint density at radius 3 is 2.96 bits per heavy atom. The maximum atomic E-state index is 12.2. The summed E-state index contributed by atoms with van der Waals surface area (Å²) in [7, 11) is 0. The van der Waals surface area contributed by atoms with Gasteiger partial charge in [-0.25, -0.2) is 4.98 Å². The van der Waals surface area contributed by atoms with Gasteiger partial charge in [-0.05, 0) is 42.3 Å². The number of rotatable bonds is 4. The van der Waals surface area contributed by atoms with E-state index in [0.717, 1.165) is 29.5 Å². The van der Waals surface area contributed by atoms with Crippen LogP contribution in [0, 0.1) is 0 Å². The Morgan fingerprint density at radius 1 is 1.28 bits per heavy atom. The van der Waals surface area contributed by atoms with Crippen LogP contribution in [0.5, 0.6) is 0 Å². The number of fused-ring (bicyclic) bond motifs is 1. The SMILES string of the molecule is O=C(Nc1ccc2c(c1)CCN2Cc1ccc(Cl)s1)c1cnccn1. The van der Waals surface area contributed by atoms with Crippen LogP contribution >= 0.6 is 22.9 Å². The van der Waals surface area contributed by atoms with E-state index in [9.17, 15) is 4.79 Å². The van der Waals surface area contributed by atoms with Gasteiger partial charge in [0.05, 0.1) is 17.1 Å². The summed E-state index contributed by atoms with van der Waals surface area (Å²) in [6.07, 6.45) is 5.47. The van der Waals surface area contributed by atoms with Crippen LogP contribution in [0.1, 0.15) is 20.9 Å². The van der Waals surface area contributed by atoms with Crippen molar-refractivity contribution in [1.82, 2.24) is 9.97 Å². The summed E-state index contributed by atoms with van der Waals surface area (Å²) in [6.45, 7) is 1.82. The van der Waals surface area contributed by atoms with Crippen LogP contribution in [0.2, 0.25) is 4.34 Å². The number of hydrogen-bond donors (Lipinski definition) is 1. The topological polar surface area (TPSA) is 58.1 Å². The van der Waals surface area contributed by atoms with Crippen molar-refractivity contribution in [3.05, 3.63) is 69.4 Å². The summed E-state index contributed by atoms with van der Waals surface area (Å²) in [4.78, 5) is 23.7. The van der Waals surface area contributed by atoms with E-state index in [1.165, 1.54) is 28.5 Å². The number of halogens is 1. The van der Waals surface area contributed by atoms with E-state index in [4.69, 9.17) is 11.6 Å². The number of carbonyl (C=O) groups is 1. The minimum absolute atomic E-state index is 0.254. The van der Waals surface area contributed by atoms with E-state index < -0.39 is 0 Å². The second kappa shape index (κ2) is 6.82. The maximum Gasteiger partial charge on any atom is 0.275 e. The minimum Gasteiger partial charge on any atom is -0.366 e. The zero-order valence-corrected chi connectivity index (χ0v) is 14.8. The predicted molar refractivity (Wildman–Crippen MR) is 101 cm³/mol. The predicted octanol–water partition coefficient (Wildman–Crippen LogP) is 4.01. The molecule has 5 nitrogen and oxygen atoms in total. The minimum atomic E-state index is -0.254. The fourth-order valence-corrected chi connectivity index (χ4v) is 4.05. The highest BCUT2D eigenvalue weighted by atomic mass is 35.5. The summed E-state index contributed by atoms with van der Waals surface area (Å²) >= 11 is 7.63. The Bertz CT molecular complexity index is 912. The molecule has 7 heteroatoms. The number of nitrogens with zero attached hydrogens (tertiary/aromatic N) is 3. The summed E-state index contributed by atoms with van der Waals surface area (Å²) in [6, 6.07) is 10.0. The Balaban J connectivity index is 1.48. The number of nitrogens with one attached hydrogen (secondary N) is 1. The molecule has 0 unspecified atom stereocenters. The molecule has 25 heavy (non-hydrogen) atoms. The third-order valence-electron chi connectivity index (χ3n) is 4.10. The van der Waals surface area contributed by atoms with Gasteiger partial charge in [-0.3, -0.25) is 9.78 Å². The van der Waals surface area contributed by atoms with Crippen molar-refractivity contribution in [1.29, 1.82) is 0 Å². The van der Waals surface area contributed by atoms with Gasteiger partial charge in [0.25, 0.3) is 5.91 Å². The highest BCUT2D eigenvalue weighted by Crippen LogP contribution is 2.33. The van der Waals surface area contributed by atoms with Crippen molar-refractivity contribution in [2.24, 2.45) is 0 Å². The summed E-state index contributed by atoms with van der Waals surface area (Å²) in [5.41, 5.74) is 3.52. The lowest BCUT2D eigenvalue weighted by Crippen LogP contribution is -2.18. The molecular formula is C18H15ClN4OS. The molecule has 1 aromatic carbocycles. The van der Waals surface area contributed by atoms with Crippen molar-refractivity contribution in [3.63, 3.8) is 0 Å². The molecule has 0 atom stereocenters. The number of hydrogen-bond acceptors (Lipinski definition) is 5. The molecule has 0 bridgehead atoms. The van der Waals surface area contributed by atoms with Crippen molar-refractivity contribution in [2.75, 3.05) is 16.8 Å². The number of anilines is 2. The Morgan fingerprint density at radius 2 is 2.20 bits per heavy atom. The molecule has 1 N–H and O–H groups in total. The number of aromatic nitrogens is 2. The third kappa shape index (κ3) is 3.50. The largest absolute Gasteiger partial charge is 0.366 e. The number of amides is 1. The highest BCUT2D eigenvalue weighted by Gasteiger charge is 2.20. The Labute approximate surface area is 154 Å². The van der Waals surface area contributed by atoms with Gasteiger partial charge in [0.1, 0.15) is 5.69 Å². The zero-order chi connectivity index (χ0) is 17.2. The van der Waals surface area contributed by atoms with Crippen LogP contribution in [0.4, 0.5) is 11.4 Å². The number of benzene rings is 1. The lowest BCUT2D eigenvalue weighted by molar-refractivity contribution is 0.102. The fraction of sp³-hybridized carbons (Fsp3) is 0.167. The van der Waals surface area contributed by atoms with E-state index in [-0.39, 0.29) is 5.91 Å². The van der Waals surface area contributed by atoms with Crippen LogP contribution in [0.25, 0.3) is 0 Å². The second-order valence-electron chi connectivity index (χ2n) is 5.77. The highest BCUT2D eigenvalue weighted by molar-refractivity contribution is 7.16. The molecule has 1 aliphatic rings. The van der Waals surface area contributed by atoms with Gasteiger partial charge in [0.15, 0.2) is 0 Å². The third-order valence-corrected chi connectivity index (χ3v) is 5.32. The standard InChI is InChI=1S/C18H15ClN4OS/c19-17-4-2-14(25-17)11-23-8-5-12-9-13(1-3-16(12)23)22-18(24)15-10-20-6-7-21-15/h1-4,6-7,9-10H,5,8,11H2,(H,22,24). The Kier molecular flexibility index (Phi) is 4.38. The molecule has 2 aromatic heterocycles. The van der Waals surface area contributed by atoms with Crippen LogP contribution in [0.15, 0.2) is 48.9 Å². The van der Waals surface area contributed by atoms with Gasteiger partial charge < -0.3 is 10.2 Å². The molecule has 4 rings (SSSR count). The lowest BCUT2D eigenvalue weighted by Gasteiger charge is -2.18. The first-order valence-corrected chi connectivity index (χ1v) is 9.08. The normalized spacial score (nSPS) is 12.9. The molecule has 0 fully saturated rings. The second-order valence-corrected chi connectivity index (χ2v) is 7.57. The van der Waals surface area contributed by atoms with Gasteiger partial charge in [0, 0.05) is 35.2 Å². The summed E-state index contributed by atoms with van der Waals surface area (Å²) in [5.74, 6) is -0.254. The zero-order valence-electron chi connectivity index (χ0n) is 13.3. The van der Waals surface area contributed by atoms with E-state index >= 15 is 0 Å². The molecule has 3 aromatic rings. The van der Waals surface area contributed by atoms with Gasteiger partial charge in [-0.15, -0.1) is 11.3 Å². The molecule has 0 radical (unpaired) electrons. The molecule has 126 valence electrons. The lowest BCUT2D eigenvalue weighted by atomic mass is 10.1. The average molecular weight is 371 g/mol. The smallest absolute Gasteiger partial charge is 0.275 e. The van der Waals surface area contributed by atoms with Crippen molar-refractivity contribution < 1.29 is 4.79 Å². The van der Waals surface area contributed by atoms with Crippen LogP contribution in [0.3, 0.4) is 0 Å². The molecule has 1 aliphatic heterocycles. The van der Waals surface area contributed by atoms with Gasteiger partial charge in [0.2, 0.25) is 0 Å². The summed E-state index contributed by atoms with van der Waals surface area (Å²) in [5, 5.41) is 2.88. The molecule has 1 amide bonds. The summed E-state index contributed by atoms with van der Waals surface area (Å²) < 4.78 is 0.816. The average Bonchev–Trinajstić information content (AvgIpc) is 3.22. The molecule has 0 spiro atoms.